The Morgan fingerprint density at radius 1 is 1.42 bits per heavy atom. The Morgan fingerprint density at radius 2 is 2.16 bits per heavy atom. The van der Waals surface area contributed by atoms with E-state index in [4.69, 9.17) is 16.7 Å². The zero-order valence-electron chi connectivity index (χ0n) is 9.32. The summed E-state index contributed by atoms with van der Waals surface area (Å²) in [5.41, 5.74) is 0.337. The highest BCUT2D eigenvalue weighted by molar-refractivity contribution is 9.10. The van der Waals surface area contributed by atoms with Crippen LogP contribution < -0.4 is 5.32 Å². The molecule has 0 spiro atoms. The lowest BCUT2D eigenvalue weighted by Gasteiger charge is -2.09. The van der Waals surface area contributed by atoms with Gasteiger partial charge in [-0.05, 0) is 40.2 Å². The third kappa shape index (κ3) is 3.21. The van der Waals surface area contributed by atoms with Gasteiger partial charge in [0, 0.05) is 16.4 Å². The molecule has 1 aromatic carbocycles. The molecule has 0 amide bonds. The molecule has 2 N–H and O–H groups in total. The smallest absolute Gasteiger partial charge is 0.339 e. The predicted molar refractivity (Wildman–Crippen MR) is 73.6 cm³/mol. The van der Waals surface area contributed by atoms with E-state index < -0.39 is 11.8 Å². The van der Waals surface area contributed by atoms with E-state index in [2.05, 4.69) is 26.2 Å². The molecule has 1 aromatic heterocycles. The lowest BCUT2D eigenvalue weighted by atomic mass is 10.2. The van der Waals surface area contributed by atoms with Crippen molar-refractivity contribution < 1.29 is 14.3 Å². The Kier molecular flexibility index (Phi) is 4.01. The van der Waals surface area contributed by atoms with Crippen molar-refractivity contribution in [3.05, 3.63) is 51.3 Å². The van der Waals surface area contributed by atoms with Gasteiger partial charge in [0.2, 0.25) is 0 Å². The second-order valence-corrected chi connectivity index (χ2v) is 4.93. The second-order valence-electron chi connectivity index (χ2n) is 3.61. The number of pyridine rings is 1. The maximum absolute atomic E-state index is 13.3. The summed E-state index contributed by atoms with van der Waals surface area (Å²) in [6.45, 7) is 0. The highest BCUT2D eigenvalue weighted by atomic mass is 79.9. The van der Waals surface area contributed by atoms with E-state index in [9.17, 15) is 9.18 Å². The van der Waals surface area contributed by atoms with Gasteiger partial charge in [0.1, 0.15) is 17.2 Å². The topological polar surface area (TPSA) is 62.2 Å². The Labute approximate surface area is 121 Å². The maximum Gasteiger partial charge on any atom is 0.339 e. The van der Waals surface area contributed by atoms with E-state index in [1.165, 1.54) is 24.4 Å². The Morgan fingerprint density at radius 3 is 2.79 bits per heavy atom. The van der Waals surface area contributed by atoms with Crippen LogP contribution in [0.15, 0.2) is 34.9 Å². The Hall–Kier alpha value is -1.66. The van der Waals surface area contributed by atoms with Crippen LogP contribution in [0.3, 0.4) is 0 Å². The number of halogens is 3. The third-order valence-corrected chi connectivity index (χ3v) is 3.01. The predicted octanol–water partition coefficient (Wildman–Crippen LogP) is 4.08. The third-order valence-electron chi connectivity index (χ3n) is 2.27. The first kappa shape index (κ1) is 13.8. The number of benzene rings is 1. The van der Waals surface area contributed by atoms with Gasteiger partial charge in [0.05, 0.1) is 5.02 Å². The normalized spacial score (nSPS) is 10.3. The molecule has 0 atom stereocenters. The van der Waals surface area contributed by atoms with Crippen molar-refractivity contribution >= 4 is 45.0 Å². The number of carbonyl (C=O) groups is 1. The zero-order chi connectivity index (χ0) is 14.0. The number of nitrogens with zero attached hydrogens (tertiary/aromatic N) is 1. The lowest BCUT2D eigenvalue weighted by molar-refractivity contribution is 0.0697. The van der Waals surface area contributed by atoms with E-state index in [0.29, 0.717) is 10.2 Å². The standard InChI is InChI=1S/C12H7BrClFN2O2/c13-6-3-8(12(18)19)11(16-5-6)17-7-1-2-9(14)10(15)4-7/h1-5H,(H,16,17)(H,18,19). The van der Waals surface area contributed by atoms with Gasteiger partial charge in [-0.3, -0.25) is 0 Å². The van der Waals surface area contributed by atoms with Crippen LogP contribution in [0.2, 0.25) is 5.02 Å². The molecule has 4 nitrogen and oxygen atoms in total. The zero-order valence-corrected chi connectivity index (χ0v) is 11.7. The minimum absolute atomic E-state index is 0.00669. The molecular formula is C12H7BrClFN2O2. The van der Waals surface area contributed by atoms with E-state index in [-0.39, 0.29) is 16.4 Å². The molecule has 98 valence electrons. The van der Waals surface area contributed by atoms with Crippen LogP contribution in [0.5, 0.6) is 0 Å². The molecule has 19 heavy (non-hydrogen) atoms. The van der Waals surface area contributed by atoms with Crippen molar-refractivity contribution in [2.45, 2.75) is 0 Å². The molecule has 2 rings (SSSR count). The van der Waals surface area contributed by atoms with E-state index in [1.54, 1.807) is 0 Å². The summed E-state index contributed by atoms with van der Waals surface area (Å²) < 4.78 is 13.8. The van der Waals surface area contributed by atoms with Crippen molar-refractivity contribution in [2.75, 3.05) is 5.32 Å². The quantitative estimate of drug-likeness (QED) is 0.880. The summed E-state index contributed by atoms with van der Waals surface area (Å²) in [7, 11) is 0. The molecule has 7 heteroatoms. The number of anilines is 2. The van der Waals surface area contributed by atoms with Crippen LogP contribution in [0, 0.1) is 5.82 Å². The summed E-state index contributed by atoms with van der Waals surface area (Å²) >= 11 is 8.71. The number of rotatable bonds is 3. The number of carboxylic acid groups (broad SMARTS) is 1. The molecule has 0 aliphatic heterocycles. The number of aromatic nitrogens is 1. The van der Waals surface area contributed by atoms with Crippen molar-refractivity contribution in [3.63, 3.8) is 0 Å². The molecule has 0 saturated heterocycles. The van der Waals surface area contributed by atoms with Crippen molar-refractivity contribution in [1.82, 2.24) is 4.98 Å². The van der Waals surface area contributed by atoms with Crippen LogP contribution in [0.1, 0.15) is 10.4 Å². The fraction of sp³-hybridized carbons (Fsp3) is 0. The Balaban J connectivity index is 2.37. The summed E-state index contributed by atoms with van der Waals surface area (Å²) in [5, 5.41) is 11.8. The SMILES string of the molecule is O=C(O)c1cc(Br)cnc1Nc1ccc(Cl)c(F)c1. The van der Waals surface area contributed by atoms with Gasteiger partial charge >= 0.3 is 5.97 Å². The Bertz CT molecular complexity index is 652. The highest BCUT2D eigenvalue weighted by Crippen LogP contribution is 2.24. The minimum Gasteiger partial charge on any atom is -0.478 e. The van der Waals surface area contributed by atoms with E-state index in [0.717, 1.165) is 6.07 Å². The van der Waals surface area contributed by atoms with Gasteiger partial charge in [-0.25, -0.2) is 14.2 Å². The molecule has 0 bridgehead atoms. The maximum atomic E-state index is 13.3. The average molecular weight is 346 g/mol. The van der Waals surface area contributed by atoms with Crippen molar-refractivity contribution in [2.24, 2.45) is 0 Å². The number of hydrogen-bond donors (Lipinski definition) is 2. The van der Waals surface area contributed by atoms with Crippen LogP contribution >= 0.6 is 27.5 Å². The number of nitrogens with one attached hydrogen (secondary N) is 1. The summed E-state index contributed by atoms with van der Waals surface area (Å²) in [5.74, 6) is -1.61. The summed E-state index contributed by atoms with van der Waals surface area (Å²) in [6.07, 6.45) is 1.45. The highest BCUT2D eigenvalue weighted by Gasteiger charge is 2.13. The molecule has 0 unspecified atom stereocenters. The summed E-state index contributed by atoms with van der Waals surface area (Å²) in [6, 6.07) is 5.47. The first-order valence-electron chi connectivity index (χ1n) is 5.08. The van der Waals surface area contributed by atoms with Crippen LogP contribution in [0.4, 0.5) is 15.9 Å². The molecule has 0 fully saturated rings. The fourth-order valence-electron chi connectivity index (χ4n) is 1.41. The van der Waals surface area contributed by atoms with Crippen molar-refractivity contribution in [1.29, 1.82) is 0 Å². The molecular weight excluding hydrogens is 338 g/mol. The lowest BCUT2D eigenvalue weighted by Crippen LogP contribution is -2.05. The molecule has 0 saturated carbocycles. The molecule has 0 radical (unpaired) electrons. The minimum atomic E-state index is -1.13. The van der Waals surface area contributed by atoms with Gasteiger partial charge < -0.3 is 10.4 Å². The molecule has 2 aromatic rings. The first-order chi connectivity index (χ1) is 8.97. The van der Waals surface area contributed by atoms with Gasteiger partial charge in [-0.2, -0.15) is 0 Å². The largest absolute Gasteiger partial charge is 0.478 e. The molecule has 0 aliphatic carbocycles. The monoisotopic (exact) mass is 344 g/mol. The average Bonchev–Trinajstić information content (AvgIpc) is 2.36. The number of carboxylic acids is 1. The van der Waals surface area contributed by atoms with Crippen molar-refractivity contribution in [3.8, 4) is 0 Å². The number of aromatic carboxylic acids is 1. The molecule has 0 aliphatic rings. The van der Waals surface area contributed by atoms with Gasteiger partial charge in [-0.15, -0.1) is 0 Å². The second kappa shape index (κ2) is 5.54. The van der Waals surface area contributed by atoms with Gasteiger partial charge in [-0.1, -0.05) is 11.6 Å². The van der Waals surface area contributed by atoms with Crippen LogP contribution in [-0.4, -0.2) is 16.1 Å². The van der Waals surface area contributed by atoms with E-state index in [1.807, 2.05) is 0 Å². The number of hydrogen-bond acceptors (Lipinski definition) is 3. The van der Waals surface area contributed by atoms with Crippen LogP contribution in [-0.2, 0) is 0 Å². The molecule has 1 heterocycles. The van der Waals surface area contributed by atoms with Gasteiger partial charge in [0.25, 0.3) is 0 Å². The van der Waals surface area contributed by atoms with E-state index >= 15 is 0 Å². The fourth-order valence-corrected chi connectivity index (χ4v) is 1.86. The first-order valence-corrected chi connectivity index (χ1v) is 6.25. The van der Waals surface area contributed by atoms with Gasteiger partial charge in [0.15, 0.2) is 0 Å². The van der Waals surface area contributed by atoms with Crippen LogP contribution in [0.25, 0.3) is 0 Å². The summed E-state index contributed by atoms with van der Waals surface area (Å²) in [4.78, 5) is 15.0.